The molecular weight excluding hydrogens is 421 g/mol. The molecule has 0 N–H and O–H groups in total. The van der Waals surface area contributed by atoms with Crippen molar-refractivity contribution in [2.45, 2.75) is 91.6 Å². The second-order valence-corrected chi connectivity index (χ2v) is 13.6. The van der Waals surface area contributed by atoms with Crippen molar-refractivity contribution >= 4 is 19.1 Å². The van der Waals surface area contributed by atoms with E-state index in [1.807, 2.05) is 17.0 Å². The van der Waals surface area contributed by atoms with Crippen LogP contribution < -0.4 is 5.30 Å². The van der Waals surface area contributed by atoms with Gasteiger partial charge in [0.05, 0.1) is 15.9 Å². The minimum atomic E-state index is -0.959. The zero-order chi connectivity index (χ0) is 18.9. The Hall–Kier alpha value is -0.140. The van der Waals surface area contributed by atoms with Crippen molar-refractivity contribution < 1.29 is 27.2 Å². The Bertz CT molecular complexity index is 548. The van der Waals surface area contributed by atoms with Crippen LogP contribution in [-0.4, -0.2) is 33.2 Å². The molecule has 2 nitrogen and oxygen atoms in total. The maximum atomic E-state index is 13.3. The molecule has 0 aliphatic rings. The zero-order valence-electron chi connectivity index (χ0n) is 17.6. The van der Waals surface area contributed by atoms with Gasteiger partial charge in [-0.25, -0.2) is 0 Å². The average molecular weight is 458 g/mol. The summed E-state index contributed by atoms with van der Waals surface area (Å²) in [7, 11) is -0.959. The van der Waals surface area contributed by atoms with Crippen molar-refractivity contribution in [1.29, 1.82) is 0 Å². The summed E-state index contributed by atoms with van der Waals surface area (Å²) >= 11 is 0. The SMILES string of the molecule is CC(C)N(C(=O)c1ccccc1[PH+](C(C)(C)C)C(C)(C)C)C(C)C.[Ag]. The van der Waals surface area contributed by atoms with E-state index in [1.54, 1.807) is 0 Å². The van der Waals surface area contributed by atoms with Gasteiger partial charge in [0.15, 0.2) is 0 Å². The molecule has 0 aliphatic heterocycles. The van der Waals surface area contributed by atoms with E-state index >= 15 is 0 Å². The standard InChI is InChI=1S/C21H36NOP.Ag/c1-15(2)22(16(3)4)19(23)17-13-11-12-14-18(17)24(20(5,6)7)21(8,9)10;/h11-16H,1-10H3;/p+1. The molecule has 0 saturated heterocycles. The minimum Gasteiger partial charge on any atom is -0.334 e. The number of nitrogens with zero attached hydrogens (tertiary/aromatic N) is 1. The summed E-state index contributed by atoms with van der Waals surface area (Å²) in [4.78, 5) is 15.4. The van der Waals surface area contributed by atoms with Crippen molar-refractivity contribution in [1.82, 2.24) is 4.90 Å². The van der Waals surface area contributed by atoms with Crippen LogP contribution >= 0.6 is 7.92 Å². The van der Waals surface area contributed by atoms with Gasteiger partial charge >= 0.3 is 0 Å². The molecule has 0 unspecified atom stereocenters. The summed E-state index contributed by atoms with van der Waals surface area (Å²) in [6.45, 7) is 22.3. The molecule has 1 rings (SSSR count). The van der Waals surface area contributed by atoms with Crippen LogP contribution in [0.2, 0.25) is 0 Å². The first-order valence-corrected chi connectivity index (χ1v) is 10.6. The molecule has 4 heteroatoms. The predicted octanol–water partition coefficient (Wildman–Crippen LogP) is 5.38. The molecule has 1 radical (unpaired) electrons. The number of benzene rings is 1. The normalized spacial score (nSPS) is 12.5. The van der Waals surface area contributed by atoms with Crippen LogP contribution in [-0.2, 0) is 22.4 Å². The third-order valence-corrected chi connectivity index (χ3v) is 8.25. The Morgan fingerprint density at radius 1 is 0.880 bits per heavy atom. The van der Waals surface area contributed by atoms with Crippen LogP contribution in [0.5, 0.6) is 0 Å². The van der Waals surface area contributed by atoms with Crippen LogP contribution in [0, 0.1) is 0 Å². The molecule has 0 bridgehead atoms. The second-order valence-electron chi connectivity index (χ2n) is 9.32. The number of hydrogen-bond donors (Lipinski definition) is 0. The summed E-state index contributed by atoms with van der Waals surface area (Å²) < 4.78 is 0. The summed E-state index contributed by atoms with van der Waals surface area (Å²) in [5.41, 5.74) is 0.902. The summed E-state index contributed by atoms with van der Waals surface area (Å²) in [5.74, 6) is 0.173. The van der Waals surface area contributed by atoms with Crippen molar-refractivity contribution in [2.24, 2.45) is 0 Å². The van der Waals surface area contributed by atoms with E-state index in [-0.39, 0.29) is 50.7 Å². The van der Waals surface area contributed by atoms with Gasteiger partial charge in [-0.1, -0.05) is 12.1 Å². The molecule has 0 heterocycles. The quantitative estimate of drug-likeness (QED) is 0.438. The van der Waals surface area contributed by atoms with Gasteiger partial charge in [0.1, 0.15) is 5.30 Å². The Morgan fingerprint density at radius 3 is 1.64 bits per heavy atom. The molecule has 0 aliphatic carbocycles. The van der Waals surface area contributed by atoms with Crippen LogP contribution in [0.1, 0.15) is 79.6 Å². The van der Waals surface area contributed by atoms with Gasteiger partial charge < -0.3 is 4.90 Å². The molecule has 1 aromatic rings. The third kappa shape index (κ3) is 6.21. The predicted molar refractivity (Wildman–Crippen MR) is 110 cm³/mol. The van der Waals surface area contributed by atoms with E-state index in [9.17, 15) is 4.79 Å². The molecule has 0 atom stereocenters. The van der Waals surface area contributed by atoms with E-state index < -0.39 is 7.92 Å². The van der Waals surface area contributed by atoms with Crippen LogP contribution in [0.3, 0.4) is 0 Å². The third-order valence-electron chi connectivity index (χ3n) is 4.27. The molecule has 0 aromatic heterocycles. The molecule has 1 amide bonds. The number of rotatable bonds is 4. The van der Waals surface area contributed by atoms with Gasteiger partial charge in [-0.3, -0.25) is 4.79 Å². The molecule has 0 spiro atoms. The fourth-order valence-electron chi connectivity index (χ4n) is 4.03. The van der Waals surface area contributed by atoms with Crippen LogP contribution in [0.25, 0.3) is 0 Å². The first-order valence-electron chi connectivity index (χ1n) is 9.08. The average Bonchev–Trinajstić information content (AvgIpc) is 2.34. The second kappa shape index (κ2) is 9.18. The molecule has 147 valence electrons. The summed E-state index contributed by atoms with van der Waals surface area (Å²) in [6, 6.07) is 8.70. The Labute approximate surface area is 172 Å². The monoisotopic (exact) mass is 457 g/mol. The largest absolute Gasteiger partial charge is 0.334 e. The maximum absolute atomic E-state index is 13.3. The van der Waals surface area contributed by atoms with E-state index in [0.717, 1.165) is 5.56 Å². The molecular formula is C21H37AgNOP+. The number of carbonyl (C=O) groups is 1. The van der Waals surface area contributed by atoms with Crippen molar-refractivity contribution in [2.75, 3.05) is 0 Å². The van der Waals surface area contributed by atoms with Gasteiger partial charge in [-0.2, -0.15) is 0 Å². The van der Waals surface area contributed by atoms with Crippen LogP contribution in [0.4, 0.5) is 0 Å². The number of amides is 1. The first-order chi connectivity index (χ1) is 10.8. The van der Waals surface area contributed by atoms with Gasteiger partial charge in [0, 0.05) is 42.4 Å². The smallest absolute Gasteiger partial charge is 0.258 e. The Balaban J connectivity index is 0.00000576. The number of carbonyl (C=O) groups excluding carboxylic acids is 1. The van der Waals surface area contributed by atoms with E-state index in [0.29, 0.717) is 0 Å². The van der Waals surface area contributed by atoms with Crippen molar-refractivity contribution in [3.63, 3.8) is 0 Å². The fourth-order valence-corrected chi connectivity index (χ4v) is 8.61. The van der Waals surface area contributed by atoms with E-state index in [1.165, 1.54) is 5.30 Å². The number of hydrogen-bond acceptors (Lipinski definition) is 1. The first kappa shape index (κ1) is 24.9. The Kier molecular flexibility index (Phi) is 9.13. The molecule has 25 heavy (non-hydrogen) atoms. The molecule has 0 fully saturated rings. The van der Waals surface area contributed by atoms with Gasteiger partial charge in [0.25, 0.3) is 5.91 Å². The molecule has 1 aromatic carbocycles. The van der Waals surface area contributed by atoms with Crippen molar-refractivity contribution in [3.8, 4) is 0 Å². The zero-order valence-corrected chi connectivity index (χ0v) is 20.1. The minimum absolute atomic E-state index is 0. The van der Waals surface area contributed by atoms with E-state index in [2.05, 4.69) is 81.4 Å². The summed E-state index contributed by atoms with van der Waals surface area (Å²) in [6.07, 6.45) is 0. The fraction of sp³-hybridized carbons (Fsp3) is 0.667. The van der Waals surface area contributed by atoms with Gasteiger partial charge in [0.2, 0.25) is 0 Å². The van der Waals surface area contributed by atoms with Gasteiger partial charge in [-0.05, 0) is 81.4 Å². The molecule has 0 saturated carbocycles. The van der Waals surface area contributed by atoms with Crippen molar-refractivity contribution in [3.05, 3.63) is 29.8 Å². The topological polar surface area (TPSA) is 20.3 Å². The summed E-state index contributed by atoms with van der Waals surface area (Å²) in [5, 5.41) is 1.64. The van der Waals surface area contributed by atoms with Gasteiger partial charge in [-0.15, -0.1) is 0 Å². The van der Waals surface area contributed by atoms with Crippen LogP contribution in [0.15, 0.2) is 24.3 Å². The Morgan fingerprint density at radius 2 is 1.28 bits per heavy atom. The maximum Gasteiger partial charge on any atom is 0.258 e. The van der Waals surface area contributed by atoms with E-state index in [4.69, 9.17) is 0 Å².